The van der Waals surface area contributed by atoms with Gasteiger partial charge in [-0.05, 0) is 17.2 Å². The Morgan fingerprint density at radius 2 is 1.56 bits per heavy atom. The van der Waals surface area contributed by atoms with Crippen LogP contribution in [0.2, 0.25) is 0 Å². The van der Waals surface area contributed by atoms with Gasteiger partial charge < -0.3 is 32.1 Å². The Labute approximate surface area is 104 Å². The summed E-state index contributed by atoms with van der Waals surface area (Å²) in [6, 6.07) is 8.88. The third-order valence-corrected chi connectivity index (χ3v) is 1.76. The first kappa shape index (κ1) is 17.9. The molecule has 0 saturated heterocycles. The smallest absolute Gasteiger partial charge is 0.0715 e. The van der Waals surface area contributed by atoms with E-state index < -0.39 is 17.5 Å². The number of hydrogen-bond donors (Lipinski definition) is 2. The van der Waals surface area contributed by atoms with Gasteiger partial charge in [-0.25, -0.2) is 0 Å². The molecular formula is C12H16N2O4. The molecule has 98 valence electrons. The highest BCUT2D eigenvalue weighted by atomic mass is 16.4. The molecule has 1 rings (SSSR count). The van der Waals surface area contributed by atoms with Crippen molar-refractivity contribution in [2.45, 2.75) is 0 Å². The fraction of sp³-hybridized carbons (Fsp3) is 0. The minimum absolute atomic E-state index is 0. The summed E-state index contributed by atoms with van der Waals surface area (Å²) < 4.78 is 0. The Morgan fingerprint density at radius 1 is 1.00 bits per heavy atom. The van der Waals surface area contributed by atoms with Crippen LogP contribution in [0.1, 0.15) is 5.56 Å². The number of rotatable bonds is 4. The van der Waals surface area contributed by atoms with E-state index in [0.29, 0.717) is 6.08 Å². The van der Waals surface area contributed by atoms with Crippen molar-refractivity contribution in [2.24, 2.45) is 0 Å². The lowest BCUT2D eigenvalue weighted by molar-refractivity contribution is -0.302. The van der Waals surface area contributed by atoms with Crippen LogP contribution in [0.4, 0.5) is 0 Å². The highest BCUT2D eigenvalue weighted by molar-refractivity contribution is 5.96. The monoisotopic (exact) mass is 252 g/mol. The zero-order chi connectivity index (χ0) is 12.0. The van der Waals surface area contributed by atoms with Gasteiger partial charge in [0, 0.05) is 0 Å². The van der Waals surface area contributed by atoms with Crippen molar-refractivity contribution in [2.75, 3.05) is 0 Å². The van der Waals surface area contributed by atoms with Crippen LogP contribution in [0, 0.1) is 0 Å². The normalized spacial score (nSPS) is 10.3. The summed E-state index contributed by atoms with van der Waals surface area (Å²) in [5.41, 5.74) is 0.317. The van der Waals surface area contributed by atoms with E-state index in [1.54, 1.807) is 24.3 Å². The molecule has 18 heavy (non-hydrogen) atoms. The maximum atomic E-state index is 10.5. The number of carboxylic acid groups (broad SMARTS) is 2. The third-order valence-electron chi connectivity index (χ3n) is 1.76. The summed E-state index contributed by atoms with van der Waals surface area (Å²) >= 11 is 0. The molecule has 0 atom stereocenters. The molecule has 0 radical (unpaired) electrons. The summed E-state index contributed by atoms with van der Waals surface area (Å²) in [6.45, 7) is 0. The summed E-state index contributed by atoms with van der Waals surface area (Å²) in [4.78, 5) is 20.7. The van der Waals surface area contributed by atoms with Gasteiger partial charge in [-0.1, -0.05) is 42.5 Å². The summed E-state index contributed by atoms with van der Waals surface area (Å²) in [5.74, 6) is -3.13. The van der Waals surface area contributed by atoms with Crippen molar-refractivity contribution >= 4 is 18.0 Å². The maximum absolute atomic E-state index is 10.5. The fourth-order valence-electron chi connectivity index (χ4n) is 1.05. The molecule has 0 aliphatic heterocycles. The van der Waals surface area contributed by atoms with E-state index in [1.165, 1.54) is 6.08 Å². The molecule has 0 aromatic heterocycles. The van der Waals surface area contributed by atoms with Crippen LogP contribution in [0.15, 0.2) is 48.1 Å². The number of hydrogen-bond acceptors (Lipinski definition) is 4. The molecule has 0 unspecified atom stereocenters. The number of carboxylic acids is 2. The molecule has 1 aromatic carbocycles. The molecule has 0 amide bonds. The Morgan fingerprint density at radius 3 is 2.00 bits per heavy atom. The molecule has 6 heteroatoms. The Kier molecular flexibility index (Phi) is 8.65. The van der Waals surface area contributed by atoms with Crippen LogP contribution in [-0.4, -0.2) is 11.9 Å². The lowest BCUT2D eigenvalue weighted by Gasteiger charge is -2.03. The zero-order valence-electron chi connectivity index (χ0n) is 10.3. The molecule has 0 fully saturated rings. The first-order chi connectivity index (χ1) is 7.59. The predicted octanol–water partition coefficient (Wildman–Crippen LogP) is -0.122. The molecule has 0 aliphatic carbocycles. The zero-order valence-corrected chi connectivity index (χ0v) is 10.3. The second kappa shape index (κ2) is 8.68. The van der Waals surface area contributed by atoms with Gasteiger partial charge in [0.15, 0.2) is 0 Å². The van der Waals surface area contributed by atoms with Crippen LogP contribution in [0.3, 0.4) is 0 Å². The molecule has 0 aliphatic rings. The molecule has 0 bridgehead atoms. The van der Waals surface area contributed by atoms with Gasteiger partial charge in [-0.2, -0.15) is 0 Å². The molecule has 0 spiro atoms. The second-order valence-corrected chi connectivity index (χ2v) is 2.95. The van der Waals surface area contributed by atoms with Gasteiger partial charge in [-0.15, -0.1) is 0 Å². The second-order valence-electron chi connectivity index (χ2n) is 2.95. The summed E-state index contributed by atoms with van der Waals surface area (Å²) in [5, 5.41) is 20.7. The maximum Gasteiger partial charge on any atom is 0.0715 e. The Hall–Kier alpha value is -2.44. The van der Waals surface area contributed by atoms with Crippen LogP contribution >= 0.6 is 0 Å². The molecule has 0 heterocycles. The average Bonchev–Trinajstić information content (AvgIpc) is 2.25. The van der Waals surface area contributed by atoms with Gasteiger partial charge >= 0.3 is 0 Å². The third kappa shape index (κ3) is 6.21. The van der Waals surface area contributed by atoms with E-state index in [0.717, 1.165) is 11.6 Å². The number of carbonyl (C=O) groups is 2. The van der Waals surface area contributed by atoms with Crippen LogP contribution < -0.4 is 22.5 Å². The summed E-state index contributed by atoms with van der Waals surface area (Å²) in [6.07, 6.45) is 3.11. The van der Waals surface area contributed by atoms with Crippen LogP contribution in [0.25, 0.3) is 6.08 Å². The van der Waals surface area contributed by atoms with E-state index >= 15 is 0 Å². The fourth-order valence-corrected chi connectivity index (χ4v) is 1.05. The van der Waals surface area contributed by atoms with Crippen molar-refractivity contribution in [3.05, 3.63) is 53.6 Å². The molecule has 1 aromatic rings. The largest absolute Gasteiger partial charge is 0.545 e. The van der Waals surface area contributed by atoms with Crippen LogP contribution in [-0.2, 0) is 9.59 Å². The Balaban J connectivity index is 0. The van der Waals surface area contributed by atoms with Crippen molar-refractivity contribution in [1.29, 1.82) is 0 Å². The number of quaternary nitrogens is 2. The van der Waals surface area contributed by atoms with Crippen molar-refractivity contribution in [3.63, 3.8) is 0 Å². The number of aliphatic carboxylic acids is 2. The number of carbonyl (C=O) groups excluding carboxylic acids is 2. The number of benzene rings is 1. The molecular weight excluding hydrogens is 236 g/mol. The Bertz CT molecular complexity index is 452. The predicted molar refractivity (Wildman–Crippen MR) is 65.5 cm³/mol. The van der Waals surface area contributed by atoms with Crippen molar-refractivity contribution < 1.29 is 19.8 Å². The summed E-state index contributed by atoms with van der Waals surface area (Å²) in [7, 11) is 0. The lowest BCUT2D eigenvalue weighted by atomic mass is 10.1. The first-order valence-electron chi connectivity index (χ1n) is 4.47. The minimum atomic E-state index is -1.57. The van der Waals surface area contributed by atoms with Gasteiger partial charge in [0.05, 0.1) is 11.9 Å². The van der Waals surface area contributed by atoms with Gasteiger partial charge in [-0.3, -0.25) is 0 Å². The van der Waals surface area contributed by atoms with Crippen LogP contribution in [0.5, 0.6) is 0 Å². The molecule has 8 N–H and O–H groups in total. The van der Waals surface area contributed by atoms with Crippen molar-refractivity contribution in [3.8, 4) is 0 Å². The topological polar surface area (TPSA) is 153 Å². The minimum Gasteiger partial charge on any atom is -0.545 e. The highest BCUT2D eigenvalue weighted by Gasteiger charge is 1.93. The van der Waals surface area contributed by atoms with E-state index in [4.69, 9.17) is 0 Å². The lowest BCUT2D eigenvalue weighted by Crippen LogP contribution is -2.27. The molecule has 6 nitrogen and oxygen atoms in total. The van der Waals surface area contributed by atoms with E-state index in [1.807, 2.05) is 6.07 Å². The highest BCUT2D eigenvalue weighted by Crippen LogP contribution is 2.04. The van der Waals surface area contributed by atoms with E-state index in [2.05, 4.69) is 0 Å². The SMILES string of the molecule is O=C([O-])/C=C(/C=Cc1ccccc1)C(=O)[O-].[NH4+].[NH4+]. The van der Waals surface area contributed by atoms with Gasteiger partial charge in [0.25, 0.3) is 0 Å². The molecule has 0 saturated carbocycles. The van der Waals surface area contributed by atoms with Crippen molar-refractivity contribution in [1.82, 2.24) is 12.3 Å². The first-order valence-corrected chi connectivity index (χ1v) is 4.47. The van der Waals surface area contributed by atoms with Gasteiger partial charge in [0.2, 0.25) is 0 Å². The van der Waals surface area contributed by atoms with Gasteiger partial charge in [0.1, 0.15) is 0 Å². The average molecular weight is 252 g/mol. The van der Waals surface area contributed by atoms with E-state index in [9.17, 15) is 19.8 Å². The standard InChI is InChI=1S/C12H10O4.2H3N/c13-11(14)8-10(12(15)16)7-6-9-4-2-1-3-5-9;;/h1-8H,(H,13,14)(H,15,16);2*1H3/b7-6?,10-8-;;. The quantitative estimate of drug-likeness (QED) is 0.566. The van der Waals surface area contributed by atoms with E-state index in [-0.39, 0.29) is 12.3 Å².